The van der Waals surface area contributed by atoms with Crippen molar-refractivity contribution >= 4 is 11.9 Å². The van der Waals surface area contributed by atoms with E-state index in [1.54, 1.807) is 42.5 Å². The number of hydrogen-bond acceptors (Lipinski definition) is 4. The van der Waals surface area contributed by atoms with Crippen LogP contribution in [0.3, 0.4) is 0 Å². The average molecular weight is 256 g/mol. The SMILES string of the molecule is COC(=O)c1cccc(OC2=CC=CC(=C=O)C2)c1. The van der Waals surface area contributed by atoms with Crippen LogP contribution in [0.15, 0.2) is 53.8 Å². The Bertz CT molecular complexity index is 604. The summed E-state index contributed by atoms with van der Waals surface area (Å²) in [7, 11) is 1.32. The smallest absolute Gasteiger partial charge is 0.337 e. The standard InChI is InChI=1S/C15H12O4/c1-18-15(17)12-5-3-7-14(9-12)19-13-6-2-4-11(8-13)10-16/h2-7,9H,8H2,1H3. The number of carbonyl (C=O) groups excluding carboxylic acids is 2. The molecule has 1 aliphatic carbocycles. The van der Waals surface area contributed by atoms with Gasteiger partial charge in [-0.15, -0.1) is 0 Å². The summed E-state index contributed by atoms with van der Waals surface area (Å²) in [6.45, 7) is 0. The van der Waals surface area contributed by atoms with Gasteiger partial charge in [0.15, 0.2) is 0 Å². The maximum absolute atomic E-state index is 11.4. The van der Waals surface area contributed by atoms with Crippen molar-refractivity contribution in [3.63, 3.8) is 0 Å². The van der Waals surface area contributed by atoms with Crippen LogP contribution >= 0.6 is 0 Å². The molecule has 0 N–H and O–H groups in total. The van der Waals surface area contributed by atoms with Gasteiger partial charge in [0, 0.05) is 12.0 Å². The number of benzene rings is 1. The van der Waals surface area contributed by atoms with E-state index in [9.17, 15) is 9.59 Å². The van der Waals surface area contributed by atoms with Crippen LogP contribution < -0.4 is 4.74 Å². The lowest BCUT2D eigenvalue weighted by molar-refractivity contribution is 0.0600. The third-order valence-electron chi connectivity index (χ3n) is 2.58. The van der Waals surface area contributed by atoms with Crippen LogP contribution in [0.25, 0.3) is 0 Å². The Morgan fingerprint density at radius 2 is 2.21 bits per heavy atom. The van der Waals surface area contributed by atoms with Crippen LogP contribution in [0.2, 0.25) is 0 Å². The summed E-state index contributed by atoms with van der Waals surface area (Å²) in [5.74, 6) is 2.57. The Kier molecular flexibility index (Phi) is 3.96. The van der Waals surface area contributed by atoms with E-state index in [0.29, 0.717) is 29.1 Å². The van der Waals surface area contributed by atoms with Crippen LogP contribution in [0.5, 0.6) is 5.75 Å². The molecule has 96 valence electrons. The lowest BCUT2D eigenvalue weighted by atomic mass is 10.1. The lowest BCUT2D eigenvalue weighted by Gasteiger charge is -2.12. The topological polar surface area (TPSA) is 52.6 Å². The molecule has 2 rings (SSSR count). The molecule has 19 heavy (non-hydrogen) atoms. The molecule has 0 atom stereocenters. The zero-order valence-electron chi connectivity index (χ0n) is 10.4. The van der Waals surface area contributed by atoms with E-state index >= 15 is 0 Å². The molecule has 0 aliphatic heterocycles. The number of carbonyl (C=O) groups is 1. The van der Waals surface area contributed by atoms with Crippen LogP contribution in [0.4, 0.5) is 0 Å². The maximum Gasteiger partial charge on any atom is 0.337 e. The van der Waals surface area contributed by atoms with Crippen molar-refractivity contribution in [2.45, 2.75) is 6.42 Å². The molecule has 4 nitrogen and oxygen atoms in total. The van der Waals surface area contributed by atoms with Gasteiger partial charge in [-0.25, -0.2) is 9.59 Å². The summed E-state index contributed by atoms with van der Waals surface area (Å²) in [6.07, 6.45) is 5.57. The molecule has 0 radical (unpaired) electrons. The molecule has 0 aromatic heterocycles. The van der Waals surface area contributed by atoms with Gasteiger partial charge in [-0.05, 0) is 30.4 Å². The predicted molar refractivity (Wildman–Crippen MR) is 69.5 cm³/mol. The number of ether oxygens (including phenoxy) is 2. The molecular formula is C15H12O4. The zero-order chi connectivity index (χ0) is 13.7. The molecule has 0 saturated heterocycles. The van der Waals surface area contributed by atoms with Gasteiger partial charge >= 0.3 is 5.97 Å². The first-order chi connectivity index (χ1) is 9.22. The van der Waals surface area contributed by atoms with E-state index in [1.807, 2.05) is 5.94 Å². The van der Waals surface area contributed by atoms with Gasteiger partial charge < -0.3 is 9.47 Å². The van der Waals surface area contributed by atoms with Crippen molar-refractivity contribution in [3.05, 3.63) is 59.4 Å². The Morgan fingerprint density at radius 1 is 1.37 bits per heavy atom. The van der Waals surface area contributed by atoms with Crippen molar-refractivity contribution < 1.29 is 19.1 Å². The predicted octanol–water partition coefficient (Wildman–Crippen LogP) is 2.45. The molecule has 1 aromatic rings. The molecule has 0 bridgehead atoms. The zero-order valence-corrected chi connectivity index (χ0v) is 10.4. The van der Waals surface area contributed by atoms with E-state index in [4.69, 9.17) is 4.74 Å². The quantitative estimate of drug-likeness (QED) is 0.615. The van der Waals surface area contributed by atoms with Crippen LogP contribution in [-0.4, -0.2) is 19.0 Å². The minimum atomic E-state index is -0.420. The molecule has 1 aromatic carbocycles. The third-order valence-corrected chi connectivity index (χ3v) is 2.58. The van der Waals surface area contributed by atoms with Crippen molar-refractivity contribution in [1.82, 2.24) is 0 Å². The summed E-state index contributed by atoms with van der Waals surface area (Å²) in [5.41, 5.74) is 0.944. The normalized spacial score (nSPS) is 13.5. The van der Waals surface area contributed by atoms with Crippen molar-refractivity contribution in [2.75, 3.05) is 7.11 Å². The van der Waals surface area contributed by atoms with Gasteiger partial charge in [0.2, 0.25) is 0 Å². The number of hydrogen-bond donors (Lipinski definition) is 0. The highest BCUT2D eigenvalue weighted by molar-refractivity contribution is 5.89. The second-order valence-electron chi connectivity index (χ2n) is 3.92. The van der Waals surface area contributed by atoms with E-state index in [0.717, 1.165) is 0 Å². The van der Waals surface area contributed by atoms with E-state index in [1.165, 1.54) is 7.11 Å². The third kappa shape index (κ3) is 3.21. The van der Waals surface area contributed by atoms with Crippen LogP contribution in [0.1, 0.15) is 16.8 Å². The van der Waals surface area contributed by atoms with E-state index < -0.39 is 5.97 Å². The molecule has 0 saturated carbocycles. The summed E-state index contributed by atoms with van der Waals surface area (Å²) >= 11 is 0. The second-order valence-corrected chi connectivity index (χ2v) is 3.92. The van der Waals surface area contributed by atoms with Gasteiger partial charge in [0.05, 0.1) is 12.7 Å². The van der Waals surface area contributed by atoms with Crippen molar-refractivity contribution in [1.29, 1.82) is 0 Å². The second kappa shape index (κ2) is 5.85. The molecule has 0 heterocycles. The number of allylic oxidation sites excluding steroid dienone is 4. The highest BCUT2D eigenvalue weighted by Crippen LogP contribution is 2.22. The first-order valence-electron chi connectivity index (χ1n) is 5.70. The summed E-state index contributed by atoms with van der Waals surface area (Å²) in [4.78, 5) is 22.0. The Hall–Kier alpha value is -2.58. The van der Waals surface area contributed by atoms with E-state index in [-0.39, 0.29) is 0 Å². The fraction of sp³-hybridized carbons (Fsp3) is 0.133. The molecule has 4 heteroatoms. The van der Waals surface area contributed by atoms with Gasteiger partial charge in [0.25, 0.3) is 0 Å². The number of esters is 1. The van der Waals surface area contributed by atoms with Gasteiger partial charge in [-0.3, -0.25) is 0 Å². The molecule has 0 fully saturated rings. The minimum Gasteiger partial charge on any atom is -0.465 e. The molecule has 0 unspecified atom stereocenters. The molecule has 0 spiro atoms. The van der Waals surface area contributed by atoms with Crippen molar-refractivity contribution in [2.24, 2.45) is 0 Å². The summed E-state index contributed by atoms with van der Waals surface area (Å²) in [6, 6.07) is 6.67. The highest BCUT2D eigenvalue weighted by atomic mass is 16.5. The van der Waals surface area contributed by atoms with Gasteiger partial charge in [-0.1, -0.05) is 12.1 Å². The van der Waals surface area contributed by atoms with E-state index in [2.05, 4.69) is 4.74 Å². The molecule has 1 aliphatic rings. The highest BCUT2D eigenvalue weighted by Gasteiger charge is 2.10. The summed E-state index contributed by atoms with van der Waals surface area (Å²) in [5, 5.41) is 0. The Morgan fingerprint density at radius 3 is 2.95 bits per heavy atom. The first kappa shape index (κ1) is 12.9. The maximum atomic E-state index is 11.4. The Balaban J connectivity index is 2.16. The summed E-state index contributed by atoms with van der Waals surface area (Å²) < 4.78 is 10.3. The van der Waals surface area contributed by atoms with Crippen LogP contribution in [0, 0.1) is 0 Å². The Labute approximate surface area is 110 Å². The van der Waals surface area contributed by atoms with Gasteiger partial charge in [-0.2, -0.15) is 0 Å². The molecular weight excluding hydrogens is 244 g/mol. The van der Waals surface area contributed by atoms with Gasteiger partial charge in [0.1, 0.15) is 17.5 Å². The largest absolute Gasteiger partial charge is 0.465 e. The fourth-order valence-corrected chi connectivity index (χ4v) is 1.67. The van der Waals surface area contributed by atoms with Crippen molar-refractivity contribution in [3.8, 4) is 5.75 Å². The first-order valence-corrected chi connectivity index (χ1v) is 5.70. The monoisotopic (exact) mass is 256 g/mol. The number of methoxy groups -OCH3 is 1. The fourth-order valence-electron chi connectivity index (χ4n) is 1.67. The van der Waals surface area contributed by atoms with Crippen LogP contribution in [-0.2, 0) is 9.53 Å². The number of rotatable bonds is 3. The molecule has 0 amide bonds. The average Bonchev–Trinajstić information content (AvgIpc) is 2.47. The lowest BCUT2D eigenvalue weighted by Crippen LogP contribution is -2.03. The minimum absolute atomic E-state index is 0.391.